The van der Waals surface area contributed by atoms with Crippen LogP contribution in [0.3, 0.4) is 0 Å². The smallest absolute Gasteiger partial charge is 0.411 e. The Hall–Kier alpha value is -4.40. The number of nitrogens with one attached hydrogen (secondary N) is 1. The maximum absolute atomic E-state index is 14.4. The third-order valence-corrected chi connectivity index (χ3v) is 6.34. The molecule has 0 radical (unpaired) electrons. The molecule has 3 aromatic rings. The molecule has 198 valence electrons. The van der Waals surface area contributed by atoms with Crippen LogP contribution >= 0.6 is 0 Å². The number of anilines is 1. The van der Waals surface area contributed by atoms with Crippen molar-refractivity contribution in [3.63, 3.8) is 0 Å². The molecule has 0 fully saturated rings. The topological polar surface area (TPSA) is 100 Å². The van der Waals surface area contributed by atoms with Gasteiger partial charge in [0.15, 0.2) is 0 Å². The number of carbonyl (C=O) groups excluding carboxylic acids is 1. The van der Waals surface area contributed by atoms with Crippen LogP contribution in [0.1, 0.15) is 57.7 Å². The summed E-state index contributed by atoms with van der Waals surface area (Å²) in [5.74, 6) is -1.39. The second-order valence-corrected chi connectivity index (χ2v) is 8.65. The van der Waals surface area contributed by atoms with Crippen LogP contribution in [0.5, 0.6) is 0 Å². The van der Waals surface area contributed by atoms with E-state index in [1.807, 2.05) is 6.92 Å². The van der Waals surface area contributed by atoms with E-state index in [1.54, 1.807) is 6.07 Å². The maximum atomic E-state index is 14.4. The lowest BCUT2D eigenvalue weighted by Gasteiger charge is -2.29. The van der Waals surface area contributed by atoms with E-state index in [9.17, 15) is 27.2 Å². The minimum Gasteiger partial charge on any atom is -0.411 e. The van der Waals surface area contributed by atoms with E-state index in [-0.39, 0.29) is 42.1 Å². The van der Waals surface area contributed by atoms with Crippen molar-refractivity contribution < 1.29 is 27.2 Å². The number of nitrogens with zero attached hydrogens (tertiary/aromatic N) is 4. The van der Waals surface area contributed by atoms with E-state index in [0.717, 1.165) is 22.9 Å². The minimum absolute atomic E-state index is 0.0703. The Bertz CT molecular complexity index is 1460. The van der Waals surface area contributed by atoms with Crippen molar-refractivity contribution in [3.05, 3.63) is 92.1 Å². The Balaban J connectivity index is 1.60. The van der Waals surface area contributed by atoms with Crippen LogP contribution in [0, 0.1) is 17.1 Å². The van der Waals surface area contributed by atoms with Crippen molar-refractivity contribution in [2.45, 2.75) is 38.5 Å². The van der Waals surface area contributed by atoms with Crippen molar-refractivity contribution in [2.75, 3.05) is 19.0 Å². The van der Waals surface area contributed by atoms with Gasteiger partial charge in [0.2, 0.25) is 5.95 Å². The lowest BCUT2D eigenvalue weighted by molar-refractivity contribution is -0.137. The molecule has 1 amide bonds. The van der Waals surface area contributed by atoms with Crippen molar-refractivity contribution in [3.8, 4) is 6.07 Å². The third-order valence-electron chi connectivity index (χ3n) is 6.34. The van der Waals surface area contributed by atoms with Gasteiger partial charge in [-0.15, -0.1) is 4.73 Å². The second-order valence-electron chi connectivity index (χ2n) is 8.65. The number of halogens is 4. The number of rotatable bonds is 6. The fourth-order valence-corrected chi connectivity index (χ4v) is 4.30. The number of hydrogen-bond acceptors (Lipinski definition) is 6. The zero-order valence-electron chi connectivity index (χ0n) is 20.5. The summed E-state index contributed by atoms with van der Waals surface area (Å²) < 4.78 is 54.1. The predicted octanol–water partition coefficient (Wildman–Crippen LogP) is 4.09. The molecule has 12 heteroatoms. The monoisotopic (exact) mass is 529 g/mol. The van der Waals surface area contributed by atoms with Gasteiger partial charge < -0.3 is 15.1 Å². The molecule has 2 heterocycles. The van der Waals surface area contributed by atoms with E-state index < -0.39 is 35.1 Å². The lowest BCUT2D eigenvalue weighted by Crippen LogP contribution is -2.42. The highest BCUT2D eigenvalue weighted by atomic mass is 19.4. The highest BCUT2D eigenvalue weighted by molar-refractivity contribution is 5.94. The summed E-state index contributed by atoms with van der Waals surface area (Å²) in [6.07, 6.45) is -3.77. The van der Waals surface area contributed by atoms with Gasteiger partial charge in [-0.1, -0.05) is 19.1 Å². The molecule has 0 saturated heterocycles. The molecule has 1 aliphatic rings. The number of fused-ring (bicyclic) bond motifs is 1. The van der Waals surface area contributed by atoms with Gasteiger partial charge in [0, 0.05) is 13.0 Å². The van der Waals surface area contributed by atoms with Crippen molar-refractivity contribution >= 4 is 11.9 Å². The fraction of sp³-hybridized carbons (Fsp3) is 0.308. The van der Waals surface area contributed by atoms with Gasteiger partial charge in [0.05, 0.1) is 46.6 Å². The Morgan fingerprint density at radius 1 is 1.24 bits per heavy atom. The highest BCUT2D eigenvalue weighted by Crippen LogP contribution is 2.31. The van der Waals surface area contributed by atoms with Gasteiger partial charge in [-0.3, -0.25) is 9.59 Å². The Kier molecular flexibility index (Phi) is 7.39. The summed E-state index contributed by atoms with van der Waals surface area (Å²) >= 11 is 0. The normalized spacial score (nSPS) is 13.9. The minimum atomic E-state index is -4.45. The first-order chi connectivity index (χ1) is 18.1. The van der Waals surface area contributed by atoms with Crippen molar-refractivity contribution in [2.24, 2.45) is 0 Å². The molecule has 0 saturated carbocycles. The number of nitriles is 1. The standard InChI is InChI=1S/C26H23F4N5O3/c1-3-21(16-5-7-17(8-6-16)26(28,29)30)32-25-33-22-10-11-34(14-19(22)24(37)35(25)38-2)23(36)18-9-4-15(13-31)12-20(18)27/h4-9,12,21H,3,10-11,14H2,1-2H3,(H,32,33)/t21-/m0/s1. The first-order valence-corrected chi connectivity index (χ1v) is 11.7. The SMILES string of the molecule is CC[C@H](Nc1nc2c(c(=O)n1OC)CN(C(=O)c1ccc(C#N)cc1F)CC2)c1ccc(C(F)(F)F)cc1. The van der Waals surface area contributed by atoms with E-state index in [2.05, 4.69) is 10.3 Å². The van der Waals surface area contributed by atoms with Gasteiger partial charge >= 0.3 is 6.18 Å². The average Bonchev–Trinajstić information content (AvgIpc) is 2.90. The molecule has 1 atom stereocenters. The van der Waals surface area contributed by atoms with Crippen LogP contribution in [-0.2, 0) is 19.1 Å². The van der Waals surface area contributed by atoms with Crippen LogP contribution in [-0.4, -0.2) is 34.2 Å². The van der Waals surface area contributed by atoms with Crippen LogP contribution < -0.4 is 15.7 Å². The third kappa shape index (κ3) is 5.18. The molecule has 1 N–H and O–H groups in total. The highest BCUT2D eigenvalue weighted by Gasteiger charge is 2.31. The van der Waals surface area contributed by atoms with Crippen LogP contribution in [0.4, 0.5) is 23.5 Å². The molecule has 38 heavy (non-hydrogen) atoms. The van der Waals surface area contributed by atoms with E-state index in [0.29, 0.717) is 17.7 Å². The predicted molar refractivity (Wildman–Crippen MR) is 129 cm³/mol. The quantitative estimate of drug-likeness (QED) is 0.483. The molecule has 0 aliphatic carbocycles. The molecular formula is C26H23F4N5O3. The zero-order chi connectivity index (χ0) is 27.6. The molecule has 2 aromatic carbocycles. The maximum Gasteiger partial charge on any atom is 0.416 e. The molecule has 4 rings (SSSR count). The summed E-state index contributed by atoms with van der Waals surface area (Å²) in [4.78, 5) is 37.3. The summed E-state index contributed by atoms with van der Waals surface area (Å²) in [6.45, 7) is 1.87. The number of carbonyl (C=O) groups is 1. The van der Waals surface area contributed by atoms with Crippen molar-refractivity contribution in [1.82, 2.24) is 14.6 Å². The summed E-state index contributed by atoms with van der Waals surface area (Å²) in [6, 6.07) is 9.60. The summed E-state index contributed by atoms with van der Waals surface area (Å²) in [5.41, 5.74) is -0.274. The Labute approximate surface area is 215 Å². The number of aromatic nitrogens is 2. The molecule has 0 bridgehead atoms. The number of alkyl halides is 3. The van der Waals surface area contributed by atoms with E-state index in [1.165, 1.54) is 36.3 Å². The lowest BCUT2D eigenvalue weighted by atomic mass is 10.0. The van der Waals surface area contributed by atoms with E-state index >= 15 is 0 Å². The second kappa shape index (κ2) is 10.5. The first-order valence-electron chi connectivity index (χ1n) is 11.7. The first kappa shape index (κ1) is 26.7. The largest absolute Gasteiger partial charge is 0.416 e. The van der Waals surface area contributed by atoms with Gasteiger partial charge in [-0.05, 0) is 42.3 Å². The summed E-state index contributed by atoms with van der Waals surface area (Å²) in [7, 11) is 1.26. The Morgan fingerprint density at radius 2 is 1.95 bits per heavy atom. The number of hydrogen-bond donors (Lipinski definition) is 1. The molecule has 1 aromatic heterocycles. The molecule has 1 aliphatic heterocycles. The number of amides is 1. The van der Waals surface area contributed by atoms with E-state index in [4.69, 9.17) is 10.1 Å². The van der Waals surface area contributed by atoms with Crippen LogP contribution in [0.15, 0.2) is 47.3 Å². The number of benzene rings is 2. The van der Waals surface area contributed by atoms with Crippen LogP contribution in [0.25, 0.3) is 0 Å². The molecule has 8 nitrogen and oxygen atoms in total. The van der Waals surface area contributed by atoms with Gasteiger partial charge in [-0.2, -0.15) is 18.4 Å². The molecule has 0 spiro atoms. The Morgan fingerprint density at radius 3 is 2.53 bits per heavy atom. The van der Waals surface area contributed by atoms with Gasteiger partial charge in [-0.25, -0.2) is 9.37 Å². The van der Waals surface area contributed by atoms with Gasteiger partial charge in [0.25, 0.3) is 11.5 Å². The van der Waals surface area contributed by atoms with Gasteiger partial charge in [0.1, 0.15) is 12.9 Å². The summed E-state index contributed by atoms with van der Waals surface area (Å²) in [5, 5.41) is 12.0. The fourth-order valence-electron chi connectivity index (χ4n) is 4.30. The average molecular weight is 529 g/mol. The molecular weight excluding hydrogens is 506 g/mol. The van der Waals surface area contributed by atoms with Crippen LogP contribution in [0.2, 0.25) is 0 Å². The molecule has 0 unspecified atom stereocenters. The zero-order valence-corrected chi connectivity index (χ0v) is 20.5. The van der Waals surface area contributed by atoms with Crippen molar-refractivity contribution in [1.29, 1.82) is 5.26 Å².